The Morgan fingerprint density at radius 3 is 2.52 bits per heavy atom. The summed E-state index contributed by atoms with van der Waals surface area (Å²) < 4.78 is 3.64. The normalized spacial score (nSPS) is 11.2. The summed E-state index contributed by atoms with van der Waals surface area (Å²) in [5.41, 5.74) is 6.05. The van der Waals surface area contributed by atoms with Crippen molar-refractivity contribution in [2.45, 2.75) is 27.7 Å². The van der Waals surface area contributed by atoms with E-state index < -0.39 is 0 Å². The number of nitrogens with one attached hydrogen (secondary N) is 1. The van der Waals surface area contributed by atoms with Gasteiger partial charge in [0.25, 0.3) is 5.78 Å². The summed E-state index contributed by atoms with van der Waals surface area (Å²) in [6, 6.07) is 10.3. The Morgan fingerprint density at radius 2 is 1.76 bits per heavy atom. The van der Waals surface area contributed by atoms with E-state index in [-0.39, 0.29) is 0 Å². The highest BCUT2D eigenvalue weighted by atomic mass is 15.4. The molecule has 0 radical (unpaired) electrons. The molecule has 0 saturated carbocycles. The number of hydrogen-bond acceptors (Lipinski definition) is 5. The third kappa shape index (κ3) is 2.63. The number of rotatable bonds is 3. The van der Waals surface area contributed by atoms with Crippen molar-refractivity contribution in [2.75, 3.05) is 5.32 Å². The summed E-state index contributed by atoms with van der Waals surface area (Å²) >= 11 is 0. The summed E-state index contributed by atoms with van der Waals surface area (Å²) in [5, 5.41) is 12.4. The second-order valence-electron chi connectivity index (χ2n) is 6.17. The van der Waals surface area contributed by atoms with E-state index in [2.05, 4.69) is 63.6 Å². The molecule has 4 rings (SSSR count). The molecule has 0 fully saturated rings. The molecule has 0 unspecified atom stereocenters. The summed E-state index contributed by atoms with van der Waals surface area (Å²) in [7, 11) is 0. The lowest BCUT2D eigenvalue weighted by Gasteiger charge is -2.10. The quantitative estimate of drug-likeness (QED) is 0.623. The summed E-state index contributed by atoms with van der Waals surface area (Å²) in [4.78, 5) is 8.54. The first-order chi connectivity index (χ1) is 12.0. The molecule has 7 heteroatoms. The van der Waals surface area contributed by atoms with Gasteiger partial charge in [-0.2, -0.15) is 19.7 Å². The van der Waals surface area contributed by atoms with Crippen LogP contribution in [0.5, 0.6) is 0 Å². The Hall–Kier alpha value is -3.22. The Kier molecular flexibility index (Phi) is 3.49. The lowest BCUT2D eigenvalue weighted by Crippen LogP contribution is -2.04. The molecule has 0 aliphatic rings. The van der Waals surface area contributed by atoms with E-state index in [4.69, 9.17) is 0 Å². The van der Waals surface area contributed by atoms with Gasteiger partial charge in [-0.3, -0.25) is 0 Å². The Labute approximate surface area is 145 Å². The Bertz CT molecular complexity index is 1060. The van der Waals surface area contributed by atoms with Gasteiger partial charge in [0.1, 0.15) is 12.1 Å². The van der Waals surface area contributed by atoms with E-state index in [1.807, 2.05) is 24.6 Å². The van der Waals surface area contributed by atoms with Crippen molar-refractivity contribution in [3.63, 3.8) is 0 Å². The van der Waals surface area contributed by atoms with E-state index in [1.54, 1.807) is 4.52 Å². The highest BCUT2D eigenvalue weighted by molar-refractivity contribution is 5.64. The molecule has 0 atom stereocenters. The van der Waals surface area contributed by atoms with Crippen LogP contribution in [0.4, 0.5) is 11.5 Å². The van der Waals surface area contributed by atoms with Gasteiger partial charge in [0.2, 0.25) is 0 Å². The number of aryl methyl sites for hydroxylation is 3. The second kappa shape index (κ2) is 5.70. The van der Waals surface area contributed by atoms with Gasteiger partial charge in [0, 0.05) is 11.8 Å². The van der Waals surface area contributed by atoms with Crippen molar-refractivity contribution in [2.24, 2.45) is 0 Å². The van der Waals surface area contributed by atoms with Crippen molar-refractivity contribution in [3.05, 3.63) is 59.3 Å². The van der Waals surface area contributed by atoms with Crippen LogP contribution in [-0.2, 0) is 0 Å². The van der Waals surface area contributed by atoms with Gasteiger partial charge in [-0.05, 0) is 39.8 Å². The summed E-state index contributed by atoms with van der Waals surface area (Å²) in [6.45, 7) is 8.06. The molecule has 4 aromatic rings. The maximum atomic E-state index is 4.69. The number of nitrogens with zero attached hydrogens (tertiary/aromatic N) is 6. The number of hydrogen-bond donors (Lipinski definition) is 1. The smallest absolute Gasteiger partial charge is 0.254 e. The van der Waals surface area contributed by atoms with Crippen LogP contribution < -0.4 is 5.32 Å². The SMILES string of the molecule is Cc1ccc(-n2nc(C)c(Nc3cc(C)nc4ncnn34)c2C)cc1. The maximum absolute atomic E-state index is 4.69. The number of fused-ring (bicyclic) bond motifs is 1. The van der Waals surface area contributed by atoms with Gasteiger partial charge in [-0.25, -0.2) is 9.67 Å². The van der Waals surface area contributed by atoms with Crippen molar-refractivity contribution in [3.8, 4) is 5.69 Å². The minimum Gasteiger partial charge on any atom is -0.337 e. The number of aromatic nitrogens is 6. The van der Waals surface area contributed by atoms with E-state index in [0.717, 1.165) is 34.3 Å². The van der Waals surface area contributed by atoms with Gasteiger partial charge in [0.15, 0.2) is 0 Å². The molecule has 3 heterocycles. The molecule has 126 valence electrons. The lowest BCUT2D eigenvalue weighted by atomic mass is 10.2. The van der Waals surface area contributed by atoms with Gasteiger partial charge in [0.05, 0.1) is 22.8 Å². The fourth-order valence-corrected chi connectivity index (χ4v) is 2.91. The number of benzene rings is 1. The van der Waals surface area contributed by atoms with Crippen LogP contribution in [0.2, 0.25) is 0 Å². The first-order valence-corrected chi connectivity index (χ1v) is 8.10. The molecule has 1 N–H and O–H groups in total. The van der Waals surface area contributed by atoms with E-state index in [1.165, 1.54) is 11.9 Å². The highest BCUT2D eigenvalue weighted by Gasteiger charge is 2.15. The van der Waals surface area contributed by atoms with Crippen molar-refractivity contribution >= 4 is 17.3 Å². The fourth-order valence-electron chi connectivity index (χ4n) is 2.91. The summed E-state index contributed by atoms with van der Waals surface area (Å²) in [5.74, 6) is 1.39. The minimum atomic E-state index is 0.573. The van der Waals surface area contributed by atoms with E-state index in [0.29, 0.717) is 5.78 Å². The van der Waals surface area contributed by atoms with Crippen LogP contribution in [0, 0.1) is 27.7 Å². The first-order valence-electron chi connectivity index (χ1n) is 8.10. The molecule has 0 bridgehead atoms. The summed E-state index contributed by atoms with van der Waals surface area (Å²) in [6.07, 6.45) is 1.50. The minimum absolute atomic E-state index is 0.573. The third-order valence-corrected chi connectivity index (χ3v) is 4.20. The average molecular weight is 333 g/mol. The zero-order chi connectivity index (χ0) is 17.6. The zero-order valence-electron chi connectivity index (χ0n) is 14.6. The van der Waals surface area contributed by atoms with Gasteiger partial charge in [-0.15, -0.1) is 0 Å². The molecular formula is C18H19N7. The lowest BCUT2D eigenvalue weighted by molar-refractivity contribution is 0.833. The van der Waals surface area contributed by atoms with E-state index in [9.17, 15) is 0 Å². The maximum Gasteiger partial charge on any atom is 0.254 e. The molecule has 0 aliphatic heterocycles. The van der Waals surface area contributed by atoms with Crippen LogP contribution in [-0.4, -0.2) is 29.4 Å². The van der Waals surface area contributed by atoms with Gasteiger partial charge >= 0.3 is 0 Å². The van der Waals surface area contributed by atoms with Crippen molar-refractivity contribution in [1.29, 1.82) is 0 Å². The van der Waals surface area contributed by atoms with E-state index >= 15 is 0 Å². The molecular weight excluding hydrogens is 314 g/mol. The largest absolute Gasteiger partial charge is 0.337 e. The molecule has 0 aliphatic carbocycles. The molecule has 7 nitrogen and oxygen atoms in total. The predicted molar refractivity (Wildman–Crippen MR) is 96.6 cm³/mol. The molecule has 1 aromatic carbocycles. The van der Waals surface area contributed by atoms with Crippen LogP contribution in [0.25, 0.3) is 11.5 Å². The standard InChI is InChI=1S/C18H19N7/c1-11-5-7-15(8-6-11)24-14(4)17(13(3)23-24)22-16-9-12(2)21-18-19-10-20-25(16)18/h5-10,22H,1-4H3. The van der Waals surface area contributed by atoms with Crippen LogP contribution in [0.15, 0.2) is 36.7 Å². The molecule has 25 heavy (non-hydrogen) atoms. The third-order valence-electron chi connectivity index (χ3n) is 4.20. The van der Waals surface area contributed by atoms with Crippen LogP contribution >= 0.6 is 0 Å². The second-order valence-corrected chi connectivity index (χ2v) is 6.17. The molecule has 0 saturated heterocycles. The fraction of sp³-hybridized carbons (Fsp3) is 0.222. The van der Waals surface area contributed by atoms with Crippen molar-refractivity contribution in [1.82, 2.24) is 29.4 Å². The number of anilines is 2. The highest BCUT2D eigenvalue weighted by Crippen LogP contribution is 2.26. The monoisotopic (exact) mass is 333 g/mol. The van der Waals surface area contributed by atoms with Gasteiger partial charge < -0.3 is 5.32 Å². The Morgan fingerprint density at radius 1 is 1.00 bits per heavy atom. The molecule has 0 amide bonds. The first kappa shape index (κ1) is 15.3. The van der Waals surface area contributed by atoms with Crippen molar-refractivity contribution < 1.29 is 0 Å². The van der Waals surface area contributed by atoms with Gasteiger partial charge in [-0.1, -0.05) is 17.7 Å². The average Bonchev–Trinajstić information content (AvgIpc) is 3.15. The Balaban J connectivity index is 1.78. The van der Waals surface area contributed by atoms with Crippen LogP contribution in [0.1, 0.15) is 22.6 Å². The predicted octanol–water partition coefficient (Wildman–Crippen LogP) is 3.29. The van der Waals surface area contributed by atoms with Crippen LogP contribution in [0.3, 0.4) is 0 Å². The zero-order valence-corrected chi connectivity index (χ0v) is 14.6. The molecule has 3 aromatic heterocycles. The molecule has 0 spiro atoms. The topological polar surface area (TPSA) is 72.9 Å².